The Morgan fingerprint density at radius 3 is 2.36 bits per heavy atom. The van der Waals surface area contributed by atoms with E-state index >= 15 is 0 Å². The van der Waals surface area contributed by atoms with E-state index in [9.17, 15) is 20.1 Å². The van der Waals surface area contributed by atoms with Crippen molar-refractivity contribution in [3.63, 3.8) is 0 Å². The van der Waals surface area contributed by atoms with Gasteiger partial charge in [-0.1, -0.05) is 6.92 Å². The summed E-state index contributed by atoms with van der Waals surface area (Å²) in [7, 11) is 5.72. The van der Waals surface area contributed by atoms with Crippen molar-refractivity contribution in [2.24, 2.45) is 5.92 Å². The highest BCUT2D eigenvalue weighted by atomic mass is 16.5. The van der Waals surface area contributed by atoms with E-state index in [-0.39, 0.29) is 37.3 Å². The van der Waals surface area contributed by atoms with Crippen LogP contribution in [0.1, 0.15) is 44.6 Å². The zero-order valence-corrected chi connectivity index (χ0v) is 18.1. The summed E-state index contributed by atoms with van der Waals surface area (Å²) in [5.41, 5.74) is 2.06. The maximum atomic E-state index is 11.5. The summed E-state index contributed by atoms with van der Waals surface area (Å²) in [5, 5.41) is 31.6. The third kappa shape index (κ3) is 5.92. The molecule has 0 saturated heterocycles. The van der Waals surface area contributed by atoms with Crippen LogP contribution in [0.3, 0.4) is 0 Å². The number of aryl methyl sites for hydroxylation is 1. The third-order valence-electron chi connectivity index (χ3n) is 5.51. The zero-order valence-electron chi connectivity index (χ0n) is 18.1. The van der Waals surface area contributed by atoms with Crippen LogP contribution in [0.15, 0.2) is 6.07 Å². The SMILES string of the molecule is CNc1[nH]c(C)cc1C(N(C)CO)N(C)C(C)C(C)CCN(C(C)=O)C(O)O. The van der Waals surface area contributed by atoms with Gasteiger partial charge in [0.25, 0.3) is 0 Å². The van der Waals surface area contributed by atoms with Gasteiger partial charge in [0.2, 0.25) is 12.3 Å². The fourth-order valence-corrected chi connectivity index (χ4v) is 3.51. The van der Waals surface area contributed by atoms with Gasteiger partial charge in [-0.2, -0.15) is 0 Å². The monoisotopic (exact) mass is 399 g/mol. The summed E-state index contributed by atoms with van der Waals surface area (Å²) < 4.78 is 0. The maximum Gasteiger partial charge on any atom is 0.237 e. The summed E-state index contributed by atoms with van der Waals surface area (Å²) in [6.07, 6.45) is -1.34. The quantitative estimate of drug-likeness (QED) is 0.348. The number of aliphatic hydroxyl groups excluding tert-OH is 2. The molecule has 1 rings (SSSR count). The predicted octanol–water partition coefficient (Wildman–Crippen LogP) is 0.708. The van der Waals surface area contributed by atoms with Crippen molar-refractivity contribution in [1.29, 1.82) is 0 Å². The first-order valence-electron chi connectivity index (χ1n) is 9.58. The zero-order chi connectivity index (χ0) is 21.6. The molecule has 0 fully saturated rings. The predicted molar refractivity (Wildman–Crippen MR) is 109 cm³/mol. The van der Waals surface area contributed by atoms with Crippen molar-refractivity contribution in [2.45, 2.75) is 52.7 Å². The van der Waals surface area contributed by atoms with Crippen molar-refractivity contribution in [3.05, 3.63) is 17.3 Å². The van der Waals surface area contributed by atoms with E-state index in [4.69, 9.17) is 0 Å². The molecule has 1 amide bonds. The number of H-pyrrole nitrogens is 1. The molecular formula is C19H37N5O4. The molecule has 0 aliphatic rings. The van der Waals surface area contributed by atoms with Crippen molar-refractivity contribution in [2.75, 3.05) is 39.7 Å². The first-order chi connectivity index (χ1) is 13.0. The van der Waals surface area contributed by atoms with Gasteiger partial charge in [-0.3, -0.25) is 19.5 Å². The molecule has 162 valence electrons. The summed E-state index contributed by atoms with van der Waals surface area (Å²) in [6.45, 7) is 7.63. The molecule has 28 heavy (non-hydrogen) atoms. The molecule has 0 aromatic carbocycles. The van der Waals surface area contributed by atoms with Crippen molar-refractivity contribution < 1.29 is 20.1 Å². The van der Waals surface area contributed by atoms with E-state index in [2.05, 4.69) is 35.1 Å². The average molecular weight is 400 g/mol. The van der Waals surface area contributed by atoms with Gasteiger partial charge in [0.05, 0.1) is 12.9 Å². The lowest BCUT2D eigenvalue weighted by atomic mass is 9.97. The van der Waals surface area contributed by atoms with E-state index in [1.807, 2.05) is 33.0 Å². The van der Waals surface area contributed by atoms with Gasteiger partial charge < -0.3 is 25.6 Å². The molecule has 5 N–H and O–H groups in total. The second-order valence-electron chi connectivity index (χ2n) is 7.54. The number of rotatable bonds is 11. The Bertz CT molecular complexity index is 621. The van der Waals surface area contributed by atoms with Gasteiger partial charge >= 0.3 is 0 Å². The lowest BCUT2D eigenvalue weighted by Gasteiger charge is -2.40. The maximum absolute atomic E-state index is 11.5. The highest BCUT2D eigenvalue weighted by Gasteiger charge is 2.31. The Morgan fingerprint density at radius 2 is 1.89 bits per heavy atom. The topological polar surface area (TPSA) is 115 Å². The Kier molecular flexibility index (Phi) is 9.38. The number of hydrogen-bond acceptors (Lipinski definition) is 7. The second-order valence-corrected chi connectivity index (χ2v) is 7.54. The molecule has 0 aliphatic carbocycles. The van der Waals surface area contributed by atoms with Gasteiger partial charge in [0.1, 0.15) is 5.82 Å². The second kappa shape index (κ2) is 10.8. The standard InChI is InChI=1S/C19H37N5O4/c1-12(8-9-24(15(4)26)19(27)28)14(3)23(7)18(22(6)11-25)16-10-13(2)21-17(16)20-5/h10,12,14,18-21,25,27-28H,8-9,11H2,1-7H3. The van der Waals surface area contributed by atoms with Crippen LogP contribution in [-0.2, 0) is 4.79 Å². The van der Waals surface area contributed by atoms with E-state index in [1.54, 1.807) is 0 Å². The molecule has 0 saturated carbocycles. The van der Waals surface area contributed by atoms with Crippen LogP contribution in [0.4, 0.5) is 5.82 Å². The molecule has 0 aliphatic heterocycles. The molecule has 0 radical (unpaired) electrons. The highest BCUT2D eigenvalue weighted by Crippen LogP contribution is 2.32. The van der Waals surface area contributed by atoms with E-state index in [0.717, 1.165) is 22.0 Å². The Hall–Kier alpha value is -1.65. The lowest BCUT2D eigenvalue weighted by molar-refractivity contribution is -0.175. The normalized spacial score (nSPS) is 15.2. The van der Waals surface area contributed by atoms with Crippen molar-refractivity contribution in [1.82, 2.24) is 19.7 Å². The van der Waals surface area contributed by atoms with Crippen LogP contribution in [0.25, 0.3) is 0 Å². The number of aromatic nitrogens is 1. The van der Waals surface area contributed by atoms with Crippen LogP contribution in [-0.4, -0.2) is 87.8 Å². The number of hydrogen-bond donors (Lipinski definition) is 5. The van der Waals surface area contributed by atoms with Crippen molar-refractivity contribution in [3.8, 4) is 0 Å². The minimum atomic E-state index is -1.79. The van der Waals surface area contributed by atoms with E-state index < -0.39 is 6.41 Å². The summed E-state index contributed by atoms with van der Waals surface area (Å²) in [5.74, 6) is 0.696. The third-order valence-corrected chi connectivity index (χ3v) is 5.51. The number of aliphatic hydroxyl groups is 3. The van der Waals surface area contributed by atoms with Crippen LogP contribution >= 0.6 is 0 Å². The van der Waals surface area contributed by atoms with Crippen LogP contribution in [0.2, 0.25) is 0 Å². The van der Waals surface area contributed by atoms with Gasteiger partial charge in [-0.25, -0.2) is 0 Å². The molecule has 3 unspecified atom stereocenters. The van der Waals surface area contributed by atoms with Gasteiger partial charge in [-0.05, 0) is 46.3 Å². The number of carbonyl (C=O) groups excluding carboxylic acids is 1. The van der Waals surface area contributed by atoms with Crippen LogP contribution in [0.5, 0.6) is 0 Å². The Balaban J connectivity index is 2.98. The summed E-state index contributed by atoms with van der Waals surface area (Å²) in [4.78, 5) is 19.9. The number of nitrogens with zero attached hydrogens (tertiary/aromatic N) is 3. The number of nitrogens with one attached hydrogen (secondary N) is 2. The van der Waals surface area contributed by atoms with Gasteiger partial charge in [0.15, 0.2) is 0 Å². The Morgan fingerprint density at radius 1 is 1.29 bits per heavy atom. The number of aromatic amines is 1. The first-order valence-corrected chi connectivity index (χ1v) is 9.58. The lowest BCUT2D eigenvalue weighted by Crippen LogP contribution is -2.46. The molecule has 1 aromatic heterocycles. The van der Waals surface area contributed by atoms with Gasteiger partial charge in [-0.15, -0.1) is 0 Å². The largest absolute Gasteiger partial charge is 0.381 e. The Labute approximate surface area is 167 Å². The van der Waals surface area contributed by atoms with E-state index in [1.165, 1.54) is 6.92 Å². The fourth-order valence-electron chi connectivity index (χ4n) is 3.51. The highest BCUT2D eigenvalue weighted by molar-refractivity contribution is 5.73. The molecule has 1 heterocycles. The molecule has 0 bridgehead atoms. The molecule has 0 spiro atoms. The molecule has 1 aromatic rings. The number of amides is 1. The molecule has 9 heteroatoms. The molecular weight excluding hydrogens is 362 g/mol. The number of anilines is 1. The minimum absolute atomic E-state index is 0.0989. The van der Waals surface area contributed by atoms with Crippen LogP contribution < -0.4 is 5.32 Å². The van der Waals surface area contributed by atoms with E-state index in [0.29, 0.717) is 6.42 Å². The first kappa shape index (κ1) is 24.4. The summed E-state index contributed by atoms with van der Waals surface area (Å²) >= 11 is 0. The van der Waals surface area contributed by atoms with Gasteiger partial charge in [0, 0.05) is 37.8 Å². The smallest absolute Gasteiger partial charge is 0.237 e. The summed E-state index contributed by atoms with van der Waals surface area (Å²) in [6, 6.07) is 2.17. The van der Waals surface area contributed by atoms with Crippen LogP contribution in [0, 0.1) is 12.8 Å². The fraction of sp³-hybridized carbons (Fsp3) is 0.737. The molecule has 3 atom stereocenters. The van der Waals surface area contributed by atoms with Crippen molar-refractivity contribution >= 4 is 11.7 Å². The minimum Gasteiger partial charge on any atom is -0.381 e. The number of carbonyl (C=O) groups is 1. The molecule has 9 nitrogen and oxygen atoms in total. The average Bonchev–Trinajstić information content (AvgIpc) is 3.00.